The summed E-state index contributed by atoms with van der Waals surface area (Å²) in [4.78, 5) is 10.5. The van der Waals surface area contributed by atoms with Crippen molar-refractivity contribution in [3.05, 3.63) is 194 Å². The Bertz CT molecular complexity index is 3890. The number of anilines is 16. The molecule has 9 aromatic carbocycles. The summed E-state index contributed by atoms with van der Waals surface area (Å²) in [6.07, 6.45) is 0. The number of benzene rings is 9. The van der Waals surface area contributed by atoms with Gasteiger partial charge in [0.05, 0.1) is 0 Å². The van der Waals surface area contributed by atoms with Crippen LogP contribution in [0.5, 0.6) is 0 Å². The topological polar surface area (TPSA) is 37.0 Å². The van der Waals surface area contributed by atoms with E-state index in [2.05, 4.69) is 224 Å². The van der Waals surface area contributed by atoms with Crippen molar-refractivity contribution < 1.29 is 0 Å². The summed E-state index contributed by atoms with van der Waals surface area (Å²) in [7, 11) is 0. The van der Waals surface area contributed by atoms with E-state index in [4.69, 9.17) is 0 Å². The number of rotatable bonds is 2. The van der Waals surface area contributed by atoms with E-state index in [0.29, 0.717) is 0 Å². The number of nitrogens with one attached hydrogen (secondary N) is 2. The summed E-state index contributed by atoms with van der Waals surface area (Å²) in [6.45, 7) is 0.124. The van der Waals surface area contributed by atoms with Gasteiger partial charge in [0.25, 0.3) is 0 Å². The molecule has 1 aromatic heterocycles. The van der Waals surface area contributed by atoms with Gasteiger partial charge in [0.1, 0.15) is 0 Å². The predicted molar refractivity (Wildman–Crippen MR) is 282 cm³/mol. The summed E-state index contributed by atoms with van der Waals surface area (Å²) >= 11 is -0.0287. The van der Waals surface area contributed by atoms with Gasteiger partial charge in [0, 0.05) is 0 Å². The fraction of sp³-hybridized carbons (Fsp3) is 0. The molecule has 308 valence electrons. The molecule has 0 aliphatic carbocycles. The fourth-order valence-electron chi connectivity index (χ4n) is 12.8. The Morgan fingerprint density at radius 3 is 1.42 bits per heavy atom. The Labute approximate surface area is 393 Å². The quantitative estimate of drug-likeness (QED) is 0.168. The van der Waals surface area contributed by atoms with Crippen molar-refractivity contribution in [1.82, 2.24) is 0 Å². The van der Waals surface area contributed by atoms with Crippen molar-refractivity contribution in [2.75, 3.05) is 30.2 Å². The first-order valence-corrected chi connectivity index (χ1v) is 24.9. The van der Waals surface area contributed by atoms with Crippen molar-refractivity contribution in [3.8, 4) is 22.3 Å². The van der Waals surface area contributed by atoms with E-state index in [9.17, 15) is 0 Å². The number of hydrogen-bond donors (Lipinski definition) is 2. The SMILES string of the molecule is c1ccc(-c2cc3c4c(c2)B2c5[se]c6c7c5N(c5ccccc5N7c5cccc7c5B6c5ccc(-c6ccccc6)c6c5N7c5ccccc5N6)c5cccc(c52)N4c2ccccc2N3)cc1. The van der Waals surface area contributed by atoms with Crippen molar-refractivity contribution in [3.63, 3.8) is 0 Å². The molecule has 2 N–H and O–H groups in total. The Morgan fingerprint density at radius 2 is 0.806 bits per heavy atom. The monoisotopic (exact) mass is 916 g/mol. The van der Waals surface area contributed by atoms with E-state index >= 15 is 0 Å². The van der Waals surface area contributed by atoms with E-state index in [0.717, 1.165) is 17.1 Å². The molecule has 7 aliphatic heterocycles. The molecule has 0 fully saturated rings. The number of nitrogens with zero attached hydrogens (tertiary/aromatic N) is 4. The molecule has 67 heavy (non-hydrogen) atoms. The van der Waals surface area contributed by atoms with Crippen LogP contribution in [-0.4, -0.2) is 27.9 Å². The molecule has 0 spiro atoms. The summed E-state index contributed by atoms with van der Waals surface area (Å²) in [5, 5.41) is 7.96. The van der Waals surface area contributed by atoms with Gasteiger partial charge in [-0.1, -0.05) is 0 Å². The van der Waals surface area contributed by atoms with Crippen LogP contribution >= 0.6 is 0 Å². The third kappa shape index (κ3) is 4.27. The molecule has 0 bridgehead atoms. The van der Waals surface area contributed by atoms with E-state index in [1.54, 1.807) is 4.34 Å². The first kappa shape index (κ1) is 35.2. The summed E-state index contributed by atoms with van der Waals surface area (Å²) in [5.41, 5.74) is 30.1. The third-order valence-electron chi connectivity index (χ3n) is 15.3. The second-order valence-electron chi connectivity index (χ2n) is 18.5. The maximum absolute atomic E-state index is 4.01. The average Bonchev–Trinajstić information content (AvgIpc) is 3.78. The minimum atomic E-state index is -0.0287. The van der Waals surface area contributed by atoms with Crippen LogP contribution in [-0.2, 0) is 0 Å². The summed E-state index contributed by atoms with van der Waals surface area (Å²) in [5.74, 6) is 0. The van der Waals surface area contributed by atoms with Crippen LogP contribution in [0.1, 0.15) is 0 Å². The molecular weight excluding hydrogens is 881 g/mol. The molecule has 0 radical (unpaired) electrons. The molecule has 0 atom stereocenters. The maximum atomic E-state index is 4.01. The molecule has 0 unspecified atom stereocenters. The van der Waals surface area contributed by atoms with Gasteiger partial charge in [-0.25, -0.2) is 0 Å². The second kappa shape index (κ2) is 12.4. The Morgan fingerprint density at radius 1 is 0.328 bits per heavy atom. The van der Waals surface area contributed by atoms with Crippen LogP contribution in [0.3, 0.4) is 0 Å². The fourth-order valence-corrected chi connectivity index (χ4v) is 16.0. The van der Waals surface area contributed by atoms with Gasteiger partial charge in [0.2, 0.25) is 0 Å². The van der Waals surface area contributed by atoms with Gasteiger partial charge in [-0.2, -0.15) is 0 Å². The van der Waals surface area contributed by atoms with Crippen LogP contribution in [0, 0.1) is 0 Å². The van der Waals surface area contributed by atoms with Gasteiger partial charge in [-0.15, -0.1) is 0 Å². The Hall–Kier alpha value is -8.09. The molecule has 10 aromatic rings. The van der Waals surface area contributed by atoms with E-state index in [1.807, 2.05) is 0 Å². The predicted octanol–water partition coefficient (Wildman–Crippen LogP) is 10.7. The van der Waals surface area contributed by atoms with Crippen LogP contribution < -0.4 is 60.8 Å². The molecular formula is C58H34B2N6Se. The molecule has 6 nitrogen and oxygen atoms in total. The Kier molecular flexibility index (Phi) is 6.52. The van der Waals surface area contributed by atoms with Gasteiger partial charge in [-0.05, 0) is 0 Å². The zero-order valence-electron chi connectivity index (χ0n) is 35.8. The van der Waals surface area contributed by atoms with E-state index < -0.39 is 0 Å². The first-order valence-electron chi connectivity index (χ1n) is 23.2. The summed E-state index contributed by atoms with van der Waals surface area (Å²) < 4.78 is 3.08. The van der Waals surface area contributed by atoms with Crippen molar-refractivity contribution in [2.24, 2.45) is 0 Å². The van der Waals surface area contributed by atoms with Crippen molar-refractivity contribution in [2.45, 2.75) is 0 Å². The number of fused-ring (bicyclic) bond motifs is 15. The van der Waals surface area contributed by atoms with E-state index in [1.165, 1.54) is 122 Å². The van der Waals surface area contributed by atoms with E-state index in [-0.39, 0.29) is 27.9 Å². The van der Waals surface area contributed by atoms with Crippen LogP contribution in [0.2, 0.25) is 0 Å². The third-order valence-corrected chi connectivity index (χ3v) is 18.1. The number of hydrogen-bond acceptors (Lipinski definition) is 6. The minimum absolute atomic E-state index is 0.0287. The van der Waals surface area contributed by atoms with Gasteiger partial charge < -0.3 is 0 Å². The van der Waals surface area contributed by atoms with Gasteiger partial charge in [0.15, 0.2) is 0 Å². The molecule has 8 heterocycles. The van der Waals surface area contributed by atoms with Gasteiger partial charge in [-0.3, -0.25) is 0 Å². The zero-order chi connectivity index (χ0) is 43.2. The Balaban J connectivity index is 0.987. The molecule has 9 heteroatoms. The second-order valence-corrected chi connectivity index (χ2v) is 20.8. The van der Waals surface area contributed by atoms with Crippen LogP contribution in [0.4, 0.5) is 91.0 Å². The molecule has 17 rings (SSSR count). The van der Waals surface area contributed by atoms with Crippen LogP contribution in [0.15, 0.2) is 194 Å². The number of para-hydroxylation sites is 6. The summed E-state index contributed by atoms with van der Waals surface area (Å²) in [6, 6.07) is 72.5. The zero-order valence-corrected chi connectivity index (χ0v) is 37.5. The van der Waals surface area contributed by atoms with Gasteiger partial charge >= 0.3 is 396 Å². The molecule has 0 amide bonds. The van der Waals surface area contributed by atoms with Crippen molar-refractivity contribution >= 4 is 149 Å². The average molecular weight is 916 g/mol. The first-order chi connectivity index (χ1) is 33.3. The standard InChI is InChI=1S/C58H34B2N6Se/c1-3-15-33(16-4-1)35-31-38-53-41(32-35)61-39-19-7-9-21-42(39)63(53)46-25-13-28-49-51(46)60(38)58-56-55-57(67-58)59-37-30-29-36(34-17-5-2-6-18-34)52-54(37)64(43-22-10-8-20-40(43)62-52)47-26-14-27-48(50(47)59)65(55)44-23-11-12-24-45(44)66(49)56/h1-32,61-62H. The normalized spacial score (nSPS) is 14.6. The van der Waals surface area contributed by atoms with Crippen LogP contribution in [0.25, 0.3) is 22.3 Å². The molecule has 7 aliphatic rings. The molecule has 0 saturated heterocycles. The molecule has 0 saturated carbocycles. The van der Waals surface area contributed by atoms with Crippen molar-refractivity contribution in [1.29, 1.82) is 0 Å².